The maximum absolute atomic E-state index is 5.92. The molecule has 3 aromatic carbocycles. The van der Waals surface area contributed by atoms with E-state index in [1.807, 2.05) is 37.3 Å². The number of aryl methyl sites for hydroxylation is 1. The molecule has 1 heterocycles. The highest BCUT2D eigenvalue weighted by molar-refractivity contribution is 5.75. The molecule has 0 amide bonds. The molecule has 1 aliphatic heterocycles. The molecule has 5 rings (SSSR count). The third-order valence-electron chi connectivity index (χ3n) is 6.67. The number of allylic oxidation sites excluding steroid dienone is 1. The highest BCUT2D eigenvalue weighted by Gasteiger charge is 2.42. The van der Waals surface area contributed by atoms with E-state index in [0.29, 0.717) is 17.7 Å². The highest BCUT2D eigenvalue weighted by atomic mass is 16.5. The van der Waals surface area contributed by atoms with Gasteiger partial charge in [0, 0.05) is 23.3 Å². The Morgan fingerprint density at radius 1 is 1.03 bits per heavy atom. The van der Waals surface area contributed by atoms with E-state index in [9.17, 15) is 0 Å². The summed E-state index contributed by atoms with van der Waals surface area (Å²) in [4.78, 5) is 2.53. The highest BCUT2D eigenvalue weighted by Crippen LogP contribution is 2.52. The Kier molecular flexibility index (Phi) is 5.48. The second kappa shape index (κ2) is 8.58. The molecule has 2 aliphatic rings. The topological polar surface area (TPSA) is 21.7 Å². The fourth-order valence-corrected chi connectivity index (χ4v) is 5.09. The van der Waals surface area contributed by atoms with E-state index in [1.165, 1.54) is 41.8 Å². The van der Waals surface area contributed by atoms with Crippen molar-refractivity contribution < 1.29 is 9.47 Å². The van der Waals surface area contributed by atoms with Crippen molar-refractivity contribution >= 4 is 17.5 Å². The maximum Gasteiger partial charge on any atom is 0.130 e. The quantitative estimate of drug-likeness (QED) is 0.305. The molecule has 162 valence electrons. The Bertz CT molecular complexity index is 1160. The van der Waals surface area contributed by atoms with Crippen molar-refractivity contribution in [2.45, 2.75) is 38.1 Å². The molecular formula is C29H29NO2. The average Bonchev–Trinajstić information content (AvgIpc) is 3.40. The van der Waals surface area contributed by atoms with Crippen LogP contribution in [0.5, 0.6) is 11.5 Å². The van der Waals surface area contributed by atoms with Crippen molar-refractivity contribution in [1.82, 2.24) is 0 Å². The molecule has 2 atom stereocenters. The van der Waals surface area contributed by atoms with Gasteiger partial charge in [0.1, 0.15) is 17.3 Å². The van der Waals surface area contributed by atoms with Crippen LogP contribution in [-0.2, 0) is 0 Å². The molecule has 32 heavy (non-hydrogen) atoms. The monoisotopic (exact) mass is 423 g/mol. The molecule has 0 radical (unpaired) electrons. The second-order valence-corrected chi connectivity index (χ2v) is 8.66. The number of fused-ring (bicyclic) bond motifs is 3. The van der Waals surface area contributed by atoms with Crippen LogP contribution in [0.25, 0.3) is 6.08 Å². The van der Waals surface area contributed by atoms with Gasteiger partial charge in [0.05, 0.1) is 7.11 Å². The van der Waals surface area contributed by atoms with Crippen LogP contribution >= 0.6 is 0 Å². The van der Waals surface area contributed by atoms with Gasteiger partial charge in [-0.3, -0.25) is 0 Å². The van der Waals surface area contributed by atoms with Crippen molar-refractivity contribution in [2.24, 2.45) is 0 Å². The lowest BCUT2D eigenvalue weighted by atomic mass is 9.96. The lowest BCUT2D eigenvalue weighted by Gasteiger charge is -2.27. The number of hydrogen-bond donors (Lipinski definition) is 0. The Labute approximate surface area is 190 Å². The summed E-state index contributed by atoms with van der Waals surface area (Å²) in [5.74, 6) is 2.97. The SMILES string of the molecule is C=C(/C=C/c1ccc2c(c1)C1CCCC1N2c1ccc(OC)cc1)Oc1ccccc1C. The molecule has 0 bridgehead atoms. The molecule has 0 saturated heterocycles. The third kappa shape index (κ3) is 3.80. The van der Waals surface area contributed by atoms with Crippen LogP contribution in [0.4, 0.5) is 11.4 Å². The second-order valence-electron chi connectivity index (χ2n) is 8.66. The van der Waals surface area contributed by atoms with Gasteiger partial charge in [-0.2, -0.15) is 0 Å². The van der Waals surface area contributed by atoms with Gasteiger partial charge in [0.2, 0.25) is 0 Å². The zero-order valence-corrected chi connectivity index (χ0v) is 18.8. The Morgan fingerprint density at radius 2 is 1.84 bits per heavy atom. The zero-order chi connectivity index (χ0) is 22.1. The number of ether oxygens (including phenoxy) is 2. The molecule has 0 aromatic heterocycles. The number of rotatable bonds is 6. The first-order valence-electron chi connectivity index (χ1n) is 11.3. The first kappa shape index (κ1) is 20.4. The van der Waals surface area contributed by atoms with Crippen LogP contribution in [0.2, 0.25) is 0 Å². The molecule has 3 nitrogen and oxygen atoms in total. The lowest BCUT2D eigenvalue weighted by Crippen LogP contribution is -2.26. The summed E-state index contributed by atoms with van der Waals surface area (Å²) < 4.78 is 11.3. The van der Waals surface area contributed by atoms with Crippen molar-refractivity contribution in [3.63, 3.8) is 0 Å². The van der Waals surface area contributed by atoms with Gasteiger partial charge in [0.15, 0.2) is 0 Å². The predicted molar refractivity (Wildman–Crippen MR) is 132 cm³/mol. The minimum Gasteiger partial charge on any atom is -0.497 e. The lowest BCUT2D eigenvalue weighted by molar-refractivity contribution is 0.415. The van der Waals surface area contributed by atoms with Crippen molar-refractivity contribution in [3.8, 4) is 11.5 Å². The summed E-state index contributed by atoms with van der Waals surface area (Å²) in [5.41, 5.74) is 6.31. The molecule has 1 saturated carbocycles. The number of nitrogens with zero attached hydrogens (tertiary/aromatic N) is 1. The smallest absolute Gasteiger partial charge is 0.130 e. The summed E-state index contributed by atoms with van der Waals surface area (Å²) in [5, 5.41) is 0. The Morgan fingerprint density at radius 3 is 2.62 bits per heavy atom. The molecular weight excluding hydrogens is 394 g/mol. The maximum atomic E-state index is 5.92. The third-order valence-corrected chi connectivity index (χ3v) is 6.67. The van der Waals surface area contributed by atoms with Crippen LogP contribution in [0.15, 0.2) is 85.1 Å². The van der Waals surface area contributed by atoms with E-state index in [4.69, 9.17) is 9.47 Å². The molecule has 1 aliphatic carbocycles. The molecule has 3 heteroatoms. The molecule has 0 spiro atoms. The van der Waals surface area contributed by atoms with E-state index >= 15 is 0 Å². The Balaban J connectivity index is 1.39. The summed E-state index contributed by atoms with van der Waals surface area (Å²) in [6, 6.07) is 23.8. The molecule has 3 aromatic rings. The van der Waals surface area contributed by atoms with Crippen LogP contribution < -0.4 is 14.4 Å². The summed E-state index contributed by atoms with van der Waals surface area (Å²) >= 11 is 0. The van der Waals surface area contributed by atoms with E-state index < -0.39 is 0 Å². The summed E-state index contributed by atoms with van der Waals surface area (Å²) in [6.07, 6.45) is 7.82. The first-order valence-corrected chi connectivity index (χ1v) is 11.3. The number of benzene rings is 3. The van der Waals surface area contributed by atoms with Crippen LogP contribution in [0, 0.1) is 6.92 Å². The number of anilines is 2. The van der Waals surface area contributed by atoms with Crippen LogP contribution in [0.3, 0.4) is 0 Å². The van der Waals surface area contributed by atoms with Crippen molar-refractivity contribution in [1.29, 1.82) is 0 Å². The van der Waals surface area contributed by atoms with Gasteiger partial charge in [-0.05, 0) is 85.0 Å². The summed E-state index contributed by atoms with van der Waals surface area (Å²) in [6.45, 7) is 6.11. The number of para-hydroxylation sites is 1. The van der Waals surface area contributed by atoms with E-state index in [2.05, 4.69) is 60.0 Å². The number of hydrogen-bond acceptors (Lipinski definition) is 3. The van der Waals surface area contributed by atoms with Gasteiger partial charge in [-0.15, -0.1) is 0 Å². The van der Waals surface area contributed by atoms with E-state index in [0.717, 1.165) is 17.1 Å². The minimum absolute atomic E-state index is 0.539. The van der Waals surface area contributed by atoms with E-state index in [-0.39, 0.29) is 0 Å². The fourth-order valence-electron chi connectivity index (χ4n) is 5.09. The molecule has 0 N–H and O–H groups in total. The van der Waals surface area contributed by atoms with Gasteiger partial charge < -0.3 is 14.4 Å². The summed E-state index contributed by atoms with van der Waals surface area (Å²) in [7, 11) is 1.71. The fraction of sp³-hybridized carbons (Fsp3) is 0.241. The van der Waals surface area contributed by atoms with Crippen molar-refractivity contribution in [3.05, 3.63) is 102 Å². The standard InChI is InChI=1S/C29H29NO2/c1-20-7-4-5-10-29(20)32-21(2)11-12-22-13-18-28-26(19-22)25-8-6-9-27(25)30(28)23-14-16-24(31-3)17-15-23/h4-5,7,10-19,25,27H,2,6,8-9H2,1,3H3/b12-11+. The molecule has 2 unspecified atom stereocenters. The van der Waals surface area contributed by atoms with Gasteiger partial charge >= 0.3 is 0 Å². The largest absolute Gasteiger partial charge is 0.497 e. The number of methoxy groups -OCH3 is 1. The molecule has 1 fully saturated rings. The van der Waals surface area contributed by atoms with Crippen LogP contribution in [0.1, 0.15) is 41.9 Å². The zero-order valence-electron chi connectivity index (χ0n) is 18.8. The Hall–Kier alpha value is -3.46. The van der Waals surface area contributed by atoms with Gasteiger partial charge in [-0.1, -0.05) is 43.3 Å². The van der Waals surface area contributed by atoms with E-state index in [1.54, 1.807) is 7.11 Å². The first-order chi connectivity index (χ1) is 15.6. The van der Waals surface area contributed by atoms with Gasteiger partial charge in [0.25, 0.3) is 0 Å². The van der Waals surface area contributed by atoms with Crippen LogP contribution in [-0.4, -0.2) is 13.2 Å². The predicted octanol–water partition coefficient (Wildman–Crippen LogP) is 7.40. The minimum atomic E-state index is 0.539. The van der Waals surface area contributed by atoms with Gasteiger partial charge in [-0.25, -0.2) is 0 Å². The average molecular weight is 424 g/mol. The normalized spacial score (nSPS) is 19.1. The van der Waals surface area contributed by atoms with Crippen molar-refractivity contribution in [2.75, 3.05) is 12.0 Å².